The van der Waals surface area contributed by atoms with Crippen molar-refractivity contribution in [2.45, 2.75) is 20.4 Å². The summed E-state index contributed by atoms with van der Waals surface area (Å²) in [6.45, 7) is 5.79. The summed E-state index contributed by atoms with van der Waals surface area (Å²) in [7, 11) is 1.55. The van der Waals surface area contributed by atoms with E-state index in [2.05, 4.69) is 5.32 Å². The Bertz CT molecular complexity index is 841. The zero-order valence-electron chi connectivity index (χ0n) is 15.7. The molecule has 3 rings (SSSR count). The first-order valence-corrected chi connectivity index (χ1v) is 9.12. The molecular formula is C20H23ClN2O4. The number of hydrogen-bond acceptors (Lipinski definition) is 5. The molecule has 0 unspecified atom stereocenters. The van der Waals surface area contributed by atoms with E-state index >= 15 is 0 Å². The van der Waals surface area contributed by atoms with Gasteiger partial charge in [0.15, 0.2) is 11.5 Å². The van der Waals surface area contributed by atoms with E-state index in [-0.39, 0.29) is 19.2 Å². The highest BCUT2D eigenvalue weighted by molar-refractivity contribution is 6.31. The molecular weight excluding hydrogens is 368 g/mol. The highest BCUT2D eigenvalue weighted by Gasteiger charge is 2.16. The minimum absolute atomic E-state index is 0.113. The van der Waals surface area contributed by atoms with Gasteiger partial charge in [0.05, 0.1) is 19.3 Å². The van der Waals surface area contributed by atoms with Crippen LogP contribution in [0.4, 0.5) is 5.69 Å². The van der Waals surface area contributed by atoms with Gasteiger partial charge in [-0.15, -0.1) is 0 Å². The fourth-order valence-corrected chi connectivity index (χ4v) is 3.05. The molecule has 1 amide bonds. The van der Waals surface area contributed by atoms with E-state index < -0.39 is 0 Å². The molecule has 1 aliphatic rings. The molecule has 0 atom stereocenters. The van der Waals surface area contributed by atoms with Crippen LogP contribution in [-0.2, 0) is 11.3 Å². The van der Waals surface area contributed by atoms with Crippen molar-refractivity contribution in [2.75, 3.05) is 32.3 Å². The van der Waals surface area contributed by atoms with Gasteiger partial charge in [0.2, 0.25) is 12.7 Å². The fraction of sp³-hybridized carbons (Fsp3) is 0.350. The number of amides is 1. The minimum Gasteiger partial charge on any atom is -0.495 e. The topological polar surface area (TPSA) is 60.0 Å². The lowest BCUT2D eigenvalue weighted by Crippen LogP contribution is -2.32. The van der Waals surface area contributed by atoms with Crippen LogP contribution in [0.25, 0.3) is 0 Å². The number of hydrogen-bond donors (Lipinski definition) is 1. The Morgan fingerprint density at radius 3 is 2.78 bits per heavy atom. The molecule has 2 aromatic carbocycles. The number of methoxy groups -OCH3 is 1. The van der Waals surface area contributed by atoms with Crippen LogP contribution >= 0.6 is 11.6 Å². The van der Waals surface area contributed by atoms with Crippen molar-refractivity contribution in [3.63, 3.8) is 0 Å². The molecule has 1 N–H and O–H groups in total. The predicted octanol–water partition coefficient (Wildman–Crippen LogP) is 3.85. The van der Waals surface area contributed by atoms with Crippen LogP contribution in [0, 0.1) is 6.92 Å². The van der Waals surface area contributed by atoms with E-state index in [9.17, 15) is 4.79 Å². The lowest BCUT2D eigenvalue weighted by atomic mass is 10.2. The zero-order valence-corrected chi connectivity index (χ0v) is 16.4. The van der Waals surface area contributed by atoms with Gasteiger partial charge in [-0.2, -0.15) is 0 Å². The van der Waals surface area contributed by atoms with Gasteiger partial charge in [-0.25, -0.2) is 0 Å². The van der Waals surface area contributed by atoms with Gasteiger partial charge >= 0.3 is 0 Å². The van der Waals surface area contributed by atoms with Crippen LogP contribution in [0.2, 0.25) is 5.02 Å². The summed E-state index contributed by atoms with van der Waals surface area (Å²) >= 11 is 6.12. The SMILES string of the molecule is CCN(CC(=O)Nc1cc(C)c(Cl)cc1OC)Cc1ccc2c(c1)OCO2. The number of rotatable bonds is 7. The number of carbonyl (C=O) groups excluding carboxylic acids is 1. The zero-order chi connectivity index (χ0) is 19.4. The standard InChI is InChI=1S/C20H23ClN2O4/c1-4-23(10-14-5-6-17-19(8-14)27-12-26-17)11-20(24)22-16-7-13(2)15(21)9-18(16)25-3/h5-9H,4,10-12H2,1-3H3,(H,22,24). The number of nitrogens with one attached hydrogen (secondary N) is 1. The lowest BCUT2D eigenvalue weighted by molar-refractivity contribution is -0.117. The number of likely N-dealkylation sites (N-methyl/N-ethyl adjacent to an activating group) is 1. The number of carbonyl (C=O) groups is 1. The highest BCUT2D eigenvalue weighted by atomic mass is 35.5. The highest BCUT2D eigenvalue weighted by Crippen LogP contribution is 2.33. The van der Waals surface area contributed by atoms with Crippen LogP contribution in [0.5, 0.6) is 17.2 Å². The quantitative estimate of drug-likeness (QED) is 0.778. The Balaban J connectivity index is 1.64. The van der Waals surface area contributed by atoms with Gasteiger partial charge in [0, 0.05) is 17.6 Å². The van der Waals surface area contributed by atoms with E-state index in [0.29, 0.717) is 23.0 Å². The second-order valence-electron chi connectivity index (χ2n) is 6.34. The molecule has 0 aliphatic carbocycles. The van der Waals surface area contributed by atoms with Crippen molar-refractivity contribution < 1.29 is 19.0 Å². The predicted molar refractivity (Wildman–Crippen MR) is 105 cm³/mol. The molecule has 7 heteroatoms. The minimum atomic E-state index is -0.113. The van der Waals surface area contributed by atoms with Crippen molar-refractivity contribution in [3.8, 4) is 17.2 Å². The number of benzene rings is 2. The molecule has 144 valence electrons. The summed E-state index contributed by atoms with van der Waals surface area (Å²) in [6, 6.07) is 9.35. The van der Waals surface area contributed by atoms with E-state index in [1.807, 2.05) is 43.0 Å². The second kappa shape index (κ2) is 8.50. The van der Waals surface area contributed by atoms with E-state index in [0.717, 1.165) is 29.2 Å². The van der Waals surface area contributed by atoms with E-state index in [1.165, 1.54) is 0 Å². The summed E-state index contributed by atoms with van der Waals surface area (Å²) in [5.74, 6) is 1.93. The molecule has 0 fully saturated rings. The van der Waals surface area contributed by atoms with Gasteiger partial charge in [-0.1, -0.05) is 24.6 Å². The first kappa shape index (κ1) is 19.3. The van der Waals surface area contributed by atoms with Crippen molar-refractivity contribution in [1.29, 1.82) is 0 Å². The maximum Gasteiger partial charge on any atom is 0.238 e. The molecule has 6 nitrogen and oxygen atoms in total. The Morgan fingerprint density at radius 1 is 1.26 bits per heavy atom. The van der Waals surface area contributed by atoms with Crippen molar-refractivity contribution in [3.05, 3.63) is 46.5 Å². The van der Waals surface area contributed by atoms with Gasteiger partial charge in [0.25, 0.3) is 0 Å². The number of nitrogens with zero attached hydrogens (tertiary/aromatic N) is 1. The maximum absolute atomic E-state index is 12.5. The number of anilines is 1. The molecule has 1 aliphatic heterocycles. The van der Waals surface area contributed by atoms with E-state index in [1.54, 1.807) is 13.2 Å². The third-order valence-electron chi connectivity index (χ3n) is 4.41. The fourth-order valence-electron chi connectivity index (χ4n) is 2.90. The summed E-state index contributed by atoms with van der Waals surface area (Å²) in [5.41, 5.74) is 2.55. The monoisotopic (exact) mass is 390 g/mol. The van der Waals surface area contributed by atoms with Crippen LogP contribution in [-0.4, -0.2) is 37.8 Å². The second-order valence-corrected chi connectivity index (χ2v) is 6.75. The Hall–Kier alpha value is -2.44. The molecule has 0 aromatic heterocycles. The molecule has 0 saturated heterocycles. The number of halogens is 1. The molecule has 2 aromatic rings. The van der Waals surface area contributed by atoms with Crippen molar-refractivity contribution in [2.24, 2.45) is 0 Å². The normalized spacial score (nSPS) is 12.3. The largest absolute Gasteiger partial charge is 0.495 e. The molecule has 0 bridgehead atoms. The Morgan fingerprint density at radius 2 is 2.04 bits per heavy atom. The summed E-state index contributed by atoms with van der Waals surface area (Å²) < 4.78 is 16.1. The van der Waals surface area contributed by atoms with Crippen LogP contribution < -0.4 is 19.5 Å². The summed E-state index contributed by atoms with van der Waals surface area (Å²) in [5, 5.41) is 3.51. The van der Waals surface area contributed by atoms with Crippen LogP contribution in [0.3, 0.4) is 0 Å². The average Bonchev–Trinajstić information content (AvgIpc) is 3.11. The average molecular weight is 391 g/mol. The maximum atomic E-state index is 12.5. The van der Waals surface area contributed by atoms with Gasteiger partial charge in [0.1, 0.15) is 5.75 Å². The Kier molecular flexibility index (Phi) is 6.08. The first-order valence-electron chi connectivity index (χ1n) is 8.75. The smallest absolute Gasteiger partial charge is 0.238 e. The van der Waals surface area contributed by atoms with Crippen molar-refractivity contribution in [1.82, 2.24) is 4.90 Å². The van der Waals surface area contributed by atoms with Crippen LogP contribution in [0.15, 0.2) is 30.3 Å². The van der Waals surface area contributed by atoms with Gasteiger partial charge < -0.3 is 19.5 Å². The molecule has 0 spiro atoms. The molecule has 27 heavy (non-hydrogen) atoms. The number of fused-ring (bicyclic) bond motifs is 1. The number of ether oxygens (including phenoxy) is 3. The van der Waals surface area contributed by atoms with Gasteiger partial charge in [-0.05, 0) is 42.8 Å². The Labute approximate surface area is 164 Å². The first-order chi connectivity index (χ1) is 13.0. The molecule has 0 saturated carbocycles. The molecule has 0 radical (unpaired) electrons. The third kappa shape index (κ3) is 4.64. The summed E-state index contributed by atoms with van der Waals surface area (Å²) in [4.78, 5) is 14.6. The van der Waals surface area contributed by atoms with Gasteiger partial charge in [-0.3, -0.25) is 9.69 Å². The van der Waals surface area contributed by atoms with E-state index in [4.69, 9.17) is 25.8 Å². The third-order valence-corrected chi connectivity index (χ3v) is 4.82. The summed E-state index contributed by atoms with van der Waals surface area (Å²) in [6.07, 6.45) is 0. The lowest BCUT2D eigenvalue weighted by Gasteiger charge is -2.20. The van der Waals surface area contributed by atoms with Crippen molar-refractivity contribution >= 4 is 23.2 Å². The molecule has 1 heterocycles. The van der Waals surface area contributed by atoms with Crippen LogP contribution in [0.1, 0.15) is 18.1 Å². The number of aryl methyl sites for hydroxylation is 1.